The van der Waals surface area contributed by atoms with Gasteiger partial charge in [-0.3, -0.25) is 0 Å². The van der Waals surface area contributed by atoms with E-state index in [1.165, 1.54) is 36.4 Å². The Morgan fingerprint density at radius 1 is 0.717 bits per heavy atom. The minimum atomic E-state index is -4.90. The summed E-state index contributed by atoms with van der Waals surface area (Å²) in [5, 5.41) is 0. The third kappa shape index (κ3) is 7.12. The summed E-state index contributed by atoms with van der Waals surface area (Å²) in [6.07, 6.45) is -1.62. The molecule has 4 aromatic rings. The molecule has 0 amide bonds. The predicted molar refractivity (Wildman–Crippen MR) is 153 cm³/mol. The van der Waals surface area contributed by atoms with E-state index in [0.29, 0.717) is 18.5 Å². The highest BCUT2D eigenvalue weighted by Crippen LogP contribution is 2.52. The Hall–Kier alpha value is -4.97. The minimum absolute atomic E-state index is 0.0826. The van der Waals surface area contributed by atoms with E-state index in [9.17, 15) is 22.8 Å². The summed E-state index contributed by atoms with van der Waals surface area (Å²) in [6.45, 7) is 1.36. The SMILES string of the molecule is O=C(Oc1ccc2c(c1)C(F)(F)c1cc(OC(=O)c3ccc(OC(F)(F)F)cc3)ccc1-2)c1ccc(OCCCCC2CO2)cc1. The van der Waals surface area contributed by atoms with Gasteiger partial charge in [-0.15, -0.1) is 13.2 Å². The zero-order valence-corrected chi connectivity index (χ0v) is 23.9. The van der Waals surface area contributed by atoms with Crippen molar-refractivity contribution in [2.75, 3.05) is 13.2 Å². The summed E-state index contributed by atoms with van der Waals surface area (Å²) < 4.78 is 93.6. The van der Waals surface area contributed by atoms with Crippen LogP contribution in [0, 0.1) is 0 Å². The van der Waals surface area contributed by atoms with Gasteiger partial charge in [0.15, 0.2) is 0 Å². The lowest BCUT2D eigenvalue weighted by Gasteiger charge is -2.14. The number of esters is 2. The first-order valence-corrected chi connectivity index (χ1v) is 14.3. The van der Waals surface area contributed by atoms with Crippen LogP contribution in [0.15, 0.2) is 84.9 Å². The van der Waals surface area contributed by atoms with Crippen molar-refractivity contribution in [1.82, 2.24) is 0 Å². The fourth-order valence-electron chi connectivity index (χ4n) is 5.02. The molecule has 0 aromatic heterocycles. The van der Waals surface area contributed by atoms with Crippen LogP contribution in [0.5, 0.6) is 23.0 Å². The summed E-state index contributed by atoms with van der Waals surface area (Å²) in [6, 6.07) is 17.9. The molecule has 0 spiro atoms. The van der Waals surface area contributed by atoms with E-state index in [0.717, 1.165) is 62.3 Å². The number of halogens is 5. The second-order valence-electron chi connectivity index (χ2n) is 10.7. The van der Waals surface area contributed by atoms with Crippen molar-refractivity contribution in [1.29, 1.82) is 0 Å². The number of ether oxygens (including phenoxy) is 5. The molecule has 0 saturated carbocycles. The number of hydrogen-bond donors (Lipinski definition) is 0. The van der Waals surface area contributed by atoms with Crippen LogP contribution >= 0.6 is 0 Å². The van der Waals surface area contributed by atoms with E-state index < -0.39 is 41.1 Å². The van der Waals surface area contributed by atoms with Crippen molar-refractivity contribution in [3.8, 4) is 34.1 Å². The summed E-state index contributed by atoms with van der Waals surface area (Å²) in [5.41, 5.74) is -0.321. The smallest absolute Gasteiger partial charge is 0.494 e. The zero-order chi connectivity index (χ0) is 32.5. The van der Waals surface area contributed by atoms with E-state index in [1.807, 2.05) is 0 Å². The molecule has 1 fully saturated rings. The van der Waals surface area contributed by atoms with Crippen LogP contribution in [0.3, 0.4) is 0 Å². The van der Waals surface area contributed by atoms with Gasteiger partial charge in [0.05, 0.1) is 30.4 Å². The molecule has 1 unspecified atom stereocenters. The largest absolute Gasteiger partial charge is 0.573 e. The maximum absolute atomic E-state index is 15.6. The van der Waals surface area contributed by atoms with Gasteiger partial charge >= 0.3 is 18.3 Å². The number of fused-ring (bicyclic) bond motifs is 3. The first-order valence-electron chi connectivity index (χ1n) is 14.3. The molecule has 0 radical (unpaired) electrons. The molecular formula is C34H25F5O7. The number of carbonyl (C=O) groups is 2. The van der Waals surface area contributed by atoms with Gasteiger partial charge in [-0.1, -0.05) is 12.1 Å². The summed E-state index contributed by atoms with van der Waals surface area (Å²) in [4.78, 5) is 25.3. The van der Waals surface area contributed by atoms with Crippen LogP contribution in [0.25, 0.3) is 11.1 Å². The molecule has 1 atom stereocenters. The predicted octanol–water partition coefficient (Wildman–Crippen LogP) is 8.09. The Labute approximate surface area is 259 Å². The summed E-state index contributed by atoms with van der Waals surface area (Å²) in [5.74, 6) is -5.44. The molecule has 0 N–H and O–H groups in total. The first-order chi connectivity index (χ1) is 22.0. The van der Waals surface area contributed by atoms with E-state index in [2.05, 4.69) is 4.74 Å². The van der Waals surface area contributed by atoms with Gasteiger partial charge < -0.3 is 23.7 Å². The van der Waals surface area contributed by atoms with E-state index in [-0.39, 0.29) is 33.8 Å². The van der Waals surface area contributed by atoms with Crippen molar-refractivity contribution in [3.63, 3.8) is 0 Å². The van der Waals surface area contributed by atoms with Crippen molar-refractivity contribution >= 4 is 11.9 Å². The van der Waals surface area contributed by atoms with Crippen molar-refractivity contribution in [3.05, 3.63) is 107 Å². The average molecular weight is 641 g/mol. The van der Waals surface area contributed by atoms with Gasteiger partial charge in [-0.05, 0) is 103 Å². The Balaban J connectivity index is 1.09. The highest BCUT2D eigenvalue weighted by atomic mass is 19.4. The quantitative estimate of drug-likeness (QED) is 0.0539. The van der Waals surface area contributed by atoms with Crippen molar-refractivity contribution in [2.45, 2.75) is 37.7 Å². The van der Waals surface area contributed by atoms with Crippen LogP contribution in [0.1, 0.15) is 51.1 Å². The van der Waals surface area contributed by atoms with Crippen LogP contribution in [0.4, 0.5) is 22.0 Å². The third-order valence-electron chi connectivity index (χ3n) is 7.38. The molecule has 12 heteroatoms. The van der Waals surface area contributed by atoms with Crippen molar-refractivity contribution in [2.24, 2.45) is 0 Å². The Morgan fingerprint density at radius 3 is 1.67 bits per heavy atom. The topological polar surface area (TPSA) is 83.6 Å². The number of epoxide rings is 1. The number of alkyl halides is 5. The monoisotopic (exact) mass is 640 g/mol. The Morgan fingerprint density at radius 2 is 1.20 bits per heavy atom. The lowest BCUT2D eigenvalue weighted by atomic mass is 10.1. The fourth-order valence-corrected chi connectivity index (χ4v) is 5.02. The van der Waals surface area contributed by atoms with Crippen LogP contribution in [-0.4, -0.2) is 37.6 Å². The van der Waals surface area contributed by atoms with Crippen LogP contribution in [0.2, 0.25) is 0 Å². The number of benzene rings is 4. The number of hydrogen-bond acceptors (Lipinski definition) is 7. The number of carbonyl (C=O) groups excluding carboxylic acids is 2. The van der Waals surface area contributed by atoms with E-state index in [1.54, 1.807) is 12.1 Å². The number of unbranched alkanes of at least 4 members (excludes halogenated alkanes) is 1. The standard InChI is InChI=1S/C34H25F5O7/c35-33(36)29-17-24(44-31(40)20-4-8-22(9-5-20)42-16-2-1-3-26-19-43-26)12-14-27(29)28-15-13-25(18-30(28)33)45-32(41)21-6-10-23(11-7-21)46-34(37,38)39/h4-15,17-18,26H,1-3,16,19H2. The Kier molecular flexibility index (Phi) is 8.39. The van der Waals surface area contributed by atoms with Crippen molar-refractivity contribution < 1.29 is 55.2 Å². The maximum atomic E-state index is 15.6. The molecule has 1 aliphatic carbocycles. The second-order valence-corrected chi connectivity index (χ2v) is 10.7. The molecule has 0 bridgehead atoms. The highest BCUT2D eigenvalue weighted by molar-refractivity contribution is 5.92. The lowest BCUT2D eigenvalue weighted by Crippen LogP contribution is -2.17. The zero-order valence-electron chi connectivity index (χ0n) is 23.9. The molecule has 1 aliphatic heterocycles. The molecule has 4 aromatic carbocycles. The molecule has 1 heterocycles. The summed E-state index contributed by atoms with van der Waals surface area (Å²) in [7, 11) is 0. The van der Waals surface area contributed by atoms with Crippen LogP contribution < -0.4 is 18.9 Å². The van der Waals surface area contributed by atoms with E-state index in [4.69, 9.17) is 18.9 Å². The fraction of sp³-hybridized carbons (Fsp3) is 0.235. The van der Waals surface area contributed by atoms with Gasteiger partial charge in [-0.25, -0.2) is 9.59 Å². The maximum Gasteiger partial charge on any atom is 0.573 e. The average Bonchev–Trinajstić information content (AvgIpc) is 3.82. The molecule has 6 rings (SSSR count). The summed E-state index contributed by atoms with van der Waals surface area (Å²) >= 11 is 0. The normalized spacial score (nSPS) is 15.8. The minimum Gasteiger partial charge on any atom is -0.494 e. The molecule has 1 saturated heterocycles. The second kappa shape index (κ2) is 12.4. The van der Waals surface area contributed by atoms with E-state index >= 15 is 8.78 Å². The van der Waals surface area contributed by atoms with Gasteiger partial charge in [0, 0.05) is 11.1 Å². The van der Waals surface area contributed by atoms with Gasteiger partial charge in [-0.2, -0.15) is 8.78 Å². The molecule has 7 nitrogen and oxygen atoms in total. The number of rotatable bonds is 11. The van der Waals surface area contributed by atoms with Gasteiger partial charge in [0.1, 0.15) is 23.0 Å². The van der Waals surface area contributed by atoms with Gasteiger partial charge in [0.2, 0.25) is 0 Å². The highest BCUT2D eigenvalue weighted by Gasteiger charge is 2.45. The molecular weight excluding hydrogens is 615 g/mol. The molecule has 46 heavy (non-hydrogen) atoms. The molecule has 238 valence electrons. The lowest BCUT2D eigenvalue weighted by molar-refractivity contribution is -0.274. The van der Waals surface area contributed by atoms with Crippen LogP contribution in [-0.2, 0) is 10.7 Å². The third-order valence-corrected chi connectivity index (χ3v) is 7.38. The Bertz CT molecular complexity index is 1750. The van der Waals surface area contributed by atoms with Gasteiger partial charge in [0.25, 0.3) is 5.92 Å². The first kappa shape index (κ1) is 31.0. The molecule has 2 aliphatic rings.